The highest BCUT2D eigenvalue weighted by atomic mass is 14.5. The molecule has 4 aromatic carbocycles. The molecule has 0 amide bonds. The SMILES string of the molecule is Cc1cccc2c1C1(c3ccccc3-c3ccccc31)c1c(C)cccc1C2. The summed E-state index contributed by atoms with van der Waals surface area (Å²) in [6, 6.07) is 31.7. The van der Waals surface area contributed by atoms with Gasteiger partial charge in [-0.2, -0.15) is 0 Å². The van der Waals surface area contributed by atoms with E-state index in [4.69, 9.17) is 0 Å². The normalized spacial score (nSPS) is 14.9. The van der Waals surface area contributed by atoms with E-state index < -0.39 is 0 Å². The Balaban J connectivity index is 1.90. The Labute approximate surface area is 166 Å². The van der Waals surface area contributed by atoms with Gasteiger partial charge in [-0.3, -0.25) is 0 Å². The first-order valence-electron chi connectivity index (χ1n) is 10.1. The van der Waals surface area contributed by atoms with Crippen molar-refractivity contribution in [3.8, 4) is 11.1 Å². The van der Waals surface area contributed by atoms with E-state index in [0.29, 0.717) is 0 Å². The molecule has 0 atom stereocenters. The van der Waals surface area contributed by atoms with Crippen LogP contribution in [0.5, 0.6) is 0 Å². The Bertz CT molecular complexity index is 1160. The molecule has 4 aromatic rings. The van der Waals surface area contributed by atoms with Crippen molar-refractivity contribution in [2.45, 2.75) is 25.7 Å². The molecule has 0 saturated carbocycles. The first-order valence-corrected chi connectivity index (χ1v) is 10.1. The number of hydrogen-bond acceptors (Lipinski definition) is 0. The molecule has 0 N–H and O–H groups in total. The van der Waals surface area contributed by atoms with Gasteiger partial charge in [-0.1, -0.05) is 84.9 Å². The van der Waals surface area contributed by atoms with Gasteiger partial charge in [0.25, 0.3) is 0 Å². The number of hydrogen-bond donors (Lipinski definition) is 0. The van der Waals surface area contributed by atoms with Crippen molar-refractivity contribution in [3.63, 3.8) is 0 Å². The van der Waals surface area contributed by atoms with Crippen molar-refractivity contribution in [1.29, 1.82) is 0 Å². The Morgan fingerprint density at radius 3 is 1.50 bits per heavy atom. The van der Waals surface area contributed by atoms with Crippen molar-refractivity contribution in [1.82, 2.24) is 0 Å². The van der Waals surface area contributed by atoms with E-state index in [0.717, 1.165) is 6.42 Å². The standard InChI is InChI=1S/C28H22/c1-18-9-7-11-20-17-21-12-8-10-19(2)27(21)28(26(18)20)24-15-5-3-13-22(24)23-14-4-6-16-25(23)28/h3-16H,17H2,1-2H3. The lowest BCUT2D eigenvalue weighted by atomic mass is 9.59. The van der Waals surface area contributed by atoms with Crippen LogP contribution in [-0.2, 0) is 11.8 Å². The molecule has 134 valence electrons. The number of aryl methyl sites for hydroxylation is 2. The summed E-state index contributed by atoms with van der Waals surface area (Å²) in [6.07, 6.45) is 1.01. The largest absolute Gasteiger partial charge is 0.0724 e. The lowest BCUT2D eigenvalue weighted by Gasteiger charge is -2.42. The van der Waals surface area contributed by atoms with Crippen LogP contribution in [0.1, 0.15) is 44.5 Å². The van der Waals surface area contributed by atoms with E-state index in [-0.39, 0.29) is 5.41 Å². The first kappa shape index (κ1) is 15.9. The predicted molar refractivity (Wildman–Crippen MR) is 116 cm³/mol. The highest BCUT2D eigenvalue weighted by Crippen LogP contribution is 2.60. The third kappa shape index (κ3) is 1.76. The lowest BCUT2D eigenvalue weighted by Crippen LogP contribution is -2.36. The summed E-state index contributed by atoms with van der Waals surface area (Å²) >= 11 is 0. The van der Waals surface area contributed by atoms with Crippen molar-refractivity contribution in [3.05, 3.63) is 129 Å². The second-order valence-electron chi connectivity index (χ2n) is 8.24. The summed E-state index contributed by atoms with van der Waals surface area (Å²) in [6.45, 7) is 4.57. The second-order valence-corrected chi connectivity index (χ2v) is 8.24. The minimum atomic E-state index is -0.215. The third-order valence-corrected chi connectivity index (χ3v) is 6.80. The molecule has 6 rings (SSSR count). The molecule has 0 nitrogen and oxygen atoms in total. The van der Waals surface area contributed by atoms with Gasteiger partial charge >= 0.3 is 0 Å². The highest BCUT2D eigenvalue weighted by Gasteiger charge is 2.50. The van der Waals surface area contributed by atoms with E-state index >= 15 is 0 Å². The molecule has 0 unspecified atom stereocenters. The number of fused-ring (bicyclic) bond motifs is 9. The molecule has 28 heavy (non-hydrogen) atoms. The summed E-state index contributed by atoms with van der Waals surface area (Å²) in [5, 5.41) is 0. The molecule has 0 radical (unpaired) electrons. The van der Waals surface area contributed by atoms with Gasteiger partial charge in [0.2, 0.25) is 0 Å². The molecule has 0 fully saturated rings. The fraction of sp³-hybridized carbons (Fsp3) is 0.143. The van der Waals surface area contributed by atoms with Crippen LogP contribution in [0.3, 0.4) is 0 Å². The number of benzene rings is 4. The zero-order valence-electron chi connectivity index (χ0n) is 16.3. The van der Waals surface area contributed by atoms with Gasteiger partial charge in [0.1, 0.15) is 0 Å². The van der Waals surface area contributed by atoms with Crippen LogP contribution < -0.4 is 0 Å². The lowest BCUT2D eigenvalue weighted by molar-refractivity contribution is 0.709. The molecule has 0 heterocycles. The molecule has 0 saturated heterocycles. The van der Waals surface area contributed by atoms with Crippen molar-refractivity contribution < 1.29 is 0 Å². The second kappa shape index (κ2) is 5.45. The Kier molecular flexibility index (Phi) is 3.09. The van der Waals surface area contributed by atoms with Gasteiger partial charge in [0.15, 0.2) is 0 Å². The first-order chi connectivity index (χ1) is 13.7. The predicted octanol–water partition coefficient (Wildman–Crippen LogP) is 6.57. The van der Waals surface area contributed by atoms with E-state index in [1.807, 2.05) is 0 Å². The molecule has 0 aliphatic heterocycles. The molecular formula is C28H22. The zero-order chi connectivity index (χ0) is 18.9. The van der Waals surface area contributed by atoms with Crippen LogP contribution in [0.15, 0.2) is 84.9 Å². The van der Waals surface area contributed by atoms with Crippen molar-refractivity contribution in [2.75, 3.05) is 0 Å². The minimum Gasteiger partial charge on any atom is -0.0619 e. The maximum absolute atomic E-state index is 2.35. The van der Waals surface area contributed by atoms with Gasteiger partial charge < -0.3 is 0 Å². The molecular weight excluding hydrogens is 336 g/mol. The smallest absolute Gasteiger partial charge is 0.0619 e. The molecule has 2 aliphatic rings. The van der Waals surface area contributed by atoms with E-state index in [9.17, 15) is 0 Å². The van der Waals surface area contributed by atoms with Gasteiger partial charge in [-0.25, -0.2) is 0 Å². The van der Waals surface area contributed by atoms with Crippen LogP contribution in [-0.4, -0.2) is 0 Å². The molecule has 0 heteroatoms. The zero-order valence-corrected chi connectivity index (χ0v) is 16.3. The van der Waals surface area contributed by atoms with Crippen molar-refractivity contribution in [2.24, 2.45) is 0 Å². The molecule has 0 bridgehead atoms. The molecule has 1 spiro atoms. The Hall–Kier alpha value is -3.12. The number of rotatable bonds is 0. The monoisotopic (exact) mass is 358 g/mol. The Morgan fingerprint density at radius 2 is 1.00 bits per heavy atom. The average molecular weight is 358 g/mol. The van der Waals surface area contributed by atoms with Gasteiger partial charge in [0, 0.05) is 0 Å². The minimum absolute atomic E-state index is 0.215. The summed E-state index contributed by atoms with van der Waals surface area (Å²) in [4.78, 5) is 0. The van der Waals surface area contributed by atoms with Crippen LogP contribution in [0.25, 0.3) is 11.1 Å². The summed E-state index contributed by atoms with van der Waals surface area (Å²) < 4.78 is 0. The summed E-state index contributed by atoms with van der Waals surface area (Å²) in [5.41, 5.74) is 14.1. The van der Waals surface area contributed by atoms with Gasteiger partial charge in [-0.15, -0.1) is 0 Å². The highest BCUT2D eigenvalue weighted by molar-refractivity contribution is 5.88. The van der Waals surface area contributed by atoms with E-state index in [1.165, 1.54) is 55.6 Å². The van der Waals surface area contributed by atoms with E-state index in [1.54, 1.807) is 0 Å². The Morgan fingerprint density at radius 1 is 0.536 bits per heavy atom. The van der Waals surface area contributed by atoms with Crippen LogP contribution in [0.4, 0.5) is 0 Å². The maximum Gasteiger partial charge on any atom is 0.0724 e. The molecule has 2 aliphatic carbocycles. The average Bonchev–Trinajstić information content (AvgIpc) is 3.00. The van der Waals surface area contributed by atoms with Crippen LogP contribution in [0.2, 0.25) is 0 Å². The summed E-state index contributed by atoms with van der Waals surface area (Å²) in [5.74, 6) is 0. The van der Waals surface area contributed by atoms with Crippen LogP contribution in [0, 0.1) is 13.8 Å². The fourth-order valence-corrected chi connectivity index (χ4v) is 5.93. The van der Waals surface area contributed by atoms with Gasteiger partial charge in [-0.05, 0) is 75.9 Å². The topological polar surface area (TPSA) is 0 Å². The van der Waals surface area contributed by atoms with Crippen LogP contribution >= 0.6 is 0 Å². The fourth-order valence-electron chi connectivity index (χ4n) is 5.93. The van der Waals surface area contributed by atoms with Crippen molar-refractivity contribution >= 4 is 0 Å². The van der Waals surface area contributed by atoms with Gasteiger partial charge in [0.05, 0.1) is 5.41 Å². The third-order valence-electron chi connectivity index (χ3n) is 6.80. The summed E-state index contributed by atoms with van der Waals surface area (Å²) in [7, 11) is 0. The molecule has 0 aromatic heterocycles. The van der Waals surface area contributed by atoms with E-state index in [2.05, 4.69) is 98.8 Å². The quantitative estimate of drug-likeness (QED) is 0.288. The maximum atomic E-state index is 2.35.